The molecule has 0 atom stereocenters. The average molecular weight is 462 g/mol. The molecule has 5 nitrogen and oxygen atoms in total. The molecule has 0 aliphatic heterocycles. The number of benzene rings is 2. The van der Waals surface area contributed by atoms with Gasteiger partial charge in [-0.2, -0.15) is 0 Å². The molecule has 3 aromatic rings. The number of hydrogen-bond acceptors (Lipinski definition) is 6. The number of nitrogens with zero attached hydrogens (tertiary/aromatic N) is 2. The Kier molecular flexibility index (Phi) is 7.44. The molecule has 8 heteroatoms. The normalized spacial score (nSPS) is 10.9. The SMILES string of the molecule is O=C(COc1ccc(Br)cc1)Nc1nnc(SCC=Cc2ccccc2)s1. The molecule has 0 bridgehead atoms. The number of carbonyl (C=O) groups is 1. The zero-order chi connectivity index (χ0) is 18.9. The van der Waals surface area contributed by atoms with Crippen molar-refractivity contribution in [2.45, 2.75) is 4.34 Å². The maximum Gasteiger partial charge on any atom is 0.264 e. The number of hydrogen-bond donors (Lipinski definition) is 1. The van der Waals surface area contributed by atoms with E-state index < -0.39 is 0 Å². The van der Waals surface area contributed by atoms with Crippen molar-refractivity contribution in [1.29, 1.82) is 0 Å². The third-order valence-corrected chi connectivity index (χ3v) is 5.70. The van der Waals surface area contributed by atoms with Crippen LogP contribution in [0, 0.1) is 0 Å². The standard InChI is InChI=1S/C19H16BrN3O2S2/c20-15-8-10-16(11-9-15)25-13-17(24)21-18-22-23-19(27-18)26-12-4-7-14-5-2-1-3-6-14/h1-11H,12-13H2,(H,21,22,24). The lowest BCUT2D eigenvalue weighted by molar-refractivity contribution is -0.118. The van der Waals surface area contributed by atoms with Crippen LogP contribution >= 0.6 is 39.0 Å². The van der Waals surface area contributed by atoms with Crippen LogP contribution in [0.25, 0.3) is 6.08 Å². The Balaban J connectivity index is 1.41. The van der Waals surface area contributed by atoms with E-state index in [0.717, 1.165) is 20.1 Å². The van der Waals surface area contributed by atoms with E-state index in [0.29, 0.717) is 10.9 Å². The van der Waals surface area contributed by atoms with E-state index in [-0.39, 0.29) is 12.5 Å². The third kappa shape index (κ3) is 6.82. The highest BCUT2D eigenvalue weighted by atomic mass is 79.9. The van der Waals surface area contributed by atoms with Crippen LogP contribution in [0.15, 0.2) is 69.5 Å². The van der Waals surface area contributed by atoms with Gasteiger partial charge >= 0.3 is 0 Å². The number of aromatic nitrogens is 2. The van der Waals surface area contributed by atoms with Crippen LogP contribution in [-0.4, -0.2) is 28.5 Å². The topological polar surface area (TPSA) is 64.1 Å². The first-order chi connectivity index (χ1) is 13.2. The van der Waals surface area contributed by atoms with E-state index in [2.05, 4.69) is 55.7 Å². The monoisotopic (exact) mass is 461 g/mol. The molecule has 1 amide bonds. The van der Waals surface area contributed by atoms with E-state index in [9.17, 15) is 4.79 Å². The number of ether oxygens (including phenoxy) is 1. The first-order valence-corrected chi connectivity index (χ1v) is 10.6. The Bertz CT molecular complexity index is 899. The number of rotatable bonds is 8. The molecular formula is C19H16BrN3O2S2. The summed E-state index contributed by atoms with van der Waals surface area (Å²) in [5, 5.41) is 11.2. The van der Waals surface area contributed by atoms with Gasteiger partial charge < -0.3 is 4.74 Å². The number of anilines is 1. The van der Waals surface area contributed by atoms with Gasteiger partial charge in [0.25, 0.3) is 5.91 Å². The smallest absolute Gasteiger partial charge is 0.264 e. The molecule has 0 saturated heterocycles. The van der Waals surface area contributed by atoms with Crippen molar-refractivity contribution in [3.63, 3.8) is 0 Å². The molecule has 3 rings (SSSR count). The first kappa shape index (κ1) is 19.6. The average Bonchev–Trinajstić information content (AvgIpc) is 3.13. The fourth-order valence-electron chi connectivity index (χ4n) is 2.02. The van der Waals surface area contributed by atoms with Crippen LogP contribution in [-0.2, 0) is 4.79 Å². The van der Waals surface area contributed by atoms with Crippen molar-refractivity contribution in [3.05, 3.63) is 70.7 Å². The molecule has 1 aromatic heterocycles. The molecule has 138 valence electrons. The summed E-state index contributed by atoms with van der Waals surface area (Å²) in [5.74, 6) is 1.14. The Morgan fingerprint density at radius 2 is 1.93 bits per heavy atom. The fourth-order valence-corrected chi connectivity index (χ4v) is 3.89. The molecule has 0 fully saturated rings. The van der Waals surface area contributed by atoms with E-state index >= 15 is 0 Å². The summed E-state index contributed by atoms with van der Waals surface area (Å²) in [6, 6.07) is 17.4. The third-order valence-electron chi connectivity index (χ3n) is 3.25. The van der Waals surface area contributed by atoms with Gasteiger partial charge in [-0.3, -0.25) is 10.1 Å². The maximum absolute atomic E-state index is 12.0. The van der Waals surface area contributed by atoms with Gasteiger partial charge in [0.1, 0.15) is 5.75 Å². The lowest BCUT2D eigenvalue weighted by Crippen LogP contribution is -2.20. The van der Waals surface area contributed by atoms with Gasteiger partial charge in [-0.15, -0.1) is 10.2 Å². The first-order valence-electron chi connectivity index (χ1n) is 8.05. The quantitative estimate of drug-likeness (QED) is 0.372. The van der Waals surface area contributed by atoms with Crippen LogP contribution in [0.4, 0.5) is 5.13 Å². The summed E-state index contributed by atoms with van der Waals surface area (Å²) in [5.41, 5.74) is 1.16. The molecular weight excluding hydrogens is 446 g/mol. The van der Waals surface area contributed by atoms with Crippen LogP contribution in [0.3, 0.4) is 0 Å². The second-order valence-corrected chi connectivity index (χ2v) is 8.45. The van der Waals surface area contributed by atoms with Crippen LogP contribution in [0.1, 0.15) is 5.56 Å². The van der Waals surface area contributed by atoms with Gasteiger partial charge in [-0.05, 0) is 29.8 Å². The molecule has 2 aromatic carbocycles. The van der Waals surface area contributed by atoms with E-state index in [1.165, 1.54) is 11.3 Å². The highest BCUT2D eigenvalue weighted by molar-refractivity contribution is 9.10. The summed E-state index contributed by atoms with van der Waals surface area (Å²) in [6.07, 6.45) is 4.14. The van der Waals surface area contributed by atoms with Crippen molar-refractivity contribution in [2.75, 3.05) is 17.7 Å². The lowest BCUT2D eigenvalue weighted by Gasteiger charge is -2.05. The van der Waals surface area contributed by atoms with Gasteiger partial charge in [-0.25, -0.2) is 0 Å². The summed E-state index contributed by atoms with van der Waals surface area (Å²) in [6.45, 7) is -0.0799. The Hall–Kier alpha value is -2.16. The van der Waals surface area contributed by atoms with Crippen molar-refractivity contribution in [1.82, 2.24) is 10.2 Å². The summed E-state index contributed by atoms with van der Waals surface area (Å²) in [4.78, 5) is 12.0. The van der Waals surface area contributed by atoms with Gasteiger partial charge in [0.05, 0.1) is 0 Å². The van der Waals surface area contributed by atoms with Gasteiger partial charge in [0.2, 0.25) is 5.13 Å². The molecule has 27 heavy (non-hydrogen) atoms. The maximum atomic E-state index is 12.0. The minimum absolute atomic E-state index is 0.0799. The largest absolute Gasteiger partial charge is 0.484 e. The van der Waals surface area contributed by atoms with Crippen LogP contribution < -0.4 is 10.1 Å². The van der Waals surface area contributed by atoms with Gasteiger partial charge in [0.15, 0.2) is 10.9 Å². The molecule has 1 heterocycles. The minimum Gasteiger partial charge on any atom is -0.484 e. The highest BCUT2D eigenvalue weighted by Crippen LogP contribution is 2.25. The van der Waals surface area contributed by atoms with E-state index in [1.54, 1.807) is 23.9 Å². The second-order valence-electron chi connectivity index (χ2n) is 5.29. The Labute approximate surface area is 174 Å². The lowest BCUT2D eigenvalue weighted by atomic mass is 10.2. The number of nitrogens with one attached hydrogen (secondary N) is 1. The molecule has 0 aliphatic rings. The zero-order valence-electron chi connectivity index (χ0n) is 14.2. The van der Waals surface area contributed by atoms with Crippen molar-refractivity contribution < 1.29 is 9.53 Å². The predicted molar refractivity (Wildman–Crippen MR) is 114 cm³/mol. The number of halogens is 1. The van der Waals surface area contributed by atoms with E-state index in [1.807, 2.05) is 30.3 Å². The predicted octanol–water partition coefficient (Wildman–Crippen LogP) is 5.12. The molecule has 0 aliphatic carbocycles. The van der Waals surface area contributed by atoms with Crippen LogP contribution in [0.5, 0.6) is 5.75 Å². The minimum atomic E-state index is -0.269. The summed E-state index contributed by atoms with van der Waals surface area (Å²) < 4.78 is 7.19. The number of carbonyl (C=O) groups excluding carboxylic acids is 1. The van der Waals surface area contributed by atoms with E-state index in [4.69, 9.17) is 4.74 Å². The number of amides is 1. The van der Waals surface area contributed by atoms with Crippen LogP contribution in [0.2, 0.25) is 0 Å². The summed E-state index contributed by atoms with van der Waals surface area (Å²) >= 11 is 6.27. The second kappa shape index (κ2) is 10.2. The molecule has 0 saturated carbocycles. The number of thioether (sulfide) groups is 1. The zero-order valence-corrected chi connectivity index (χ0v) is 17.4. The molecule has 0 radical (unpaired) electrons. The van der Waals surface area contributed by atoms with Gasteiger partial charge in [-0.1, -0.05) is 81.5 Å². The molecule has 1 N–H and O–H groups in total. The Morgan fingerprint density at radius 1 is 1.15 bits per heavy atom. The fraction of sp³-hybridized carbons (Fsp3) is 0.105. The molecule has 0 spiro atoms. The highest BCUT2D eigenvalue weighted by Gasteiger charge is 2.09. The summed E-state index contributed by atoms with van der Waals surface area (Å²) in [7, 11) is 0. The van der Waals surface area contributed by atoms with Crippen molar-refractivity contribution in [3.8, 4) is 5.75 Å². The van der Waals surface area contributed by atoms with Crippen molar-refractivity contribution in [2.24, 2.45) is 0 Å². The van der Waals surface area contributed by atoms with Gasteiger partial charge in [0, 0.05) is 10.2 Å². The Morgan fingerprint density at radius 3 is 2.70 bits per heavy atom. The van der Waals surface area contributed by atoms with Crippen molar-refractivity contribution >= 4 is 56.1 Å². The molecule has 0 unspecified atom stereocenters.